The Bertz CT molecular complexity index is 1390. The summed E-state index contributed by atoms with van der Waals surface area (Å²) in [6, 6.07) is 23.2. The minimum absolute atomic E-state index is 0.667. The van der Waals surface area contributed by atoms with Crippen LogP contribution in [0.1, 0.15) is 43.1 Å². The molecular formula is C30H25BrCl4. The van der Waals surface area contributed by atoms with Crippen LogP contribution in [0, 0.1) is 27.7 Å². The molecule has 0 amide bonds. The molecule has 5 heteroatoms. The molecule has 0 saturated heterocycles. The zero-order chi connectivity index (χ0) is 25.4. The standard InChI is InChI=1S/C30H25BrCl4/c1-16-12-18(3)26(24(14-16)29(32)33)23-7-5-6-22(20-8-10-21(31)11-9-20)28(23)27-19(4)13-17(2)15-25(27)30(34)35/h5-15,29-30H,1-4H3. The van der Waals surface area contributed by atoms with Gasteiger partial charge in [-0.2, -0.15) is 0 Å². The maximum atomic E-state index is 6.57. The second-order valence-corrected chi connectivity index (χ2v) is 12.0. The van der Waals surface area contributed by atoms with E-state index in [1.165, 1.54) is 0 Å². The Morgan fingerprint density at radius 1 is 0.571 bits per heavy atom. The summed E-state index contributed by atoms with van der Waals surface area (Å²) in [7, 11) is 0. The monoisotopic (exact) mass is 604 g/mol. The van der Waals surface area contributed by atoms with Crippen LogP contribution < -0.4 is 0 Å². The van der Waals surface area contributed by atoms with Crippen molar-refractivity contribution < 1.29 is 0 Å². The molecule has 0 saturated carbocycles. The van der Waals surface area contributed by atoms with Gasteiger partial charge in [0.1, 0.15) is 9.67 Å². The summed E-state index contributed by atoms with van der Waals surface area (Å²) in [6.45, 7) is 8.33. The van der Waals surface area contributed by atoms with Crippen LogP contribution in [0.5, 0.6) is 0 Å². The molecule has 0 nitrogen and oxygen atoms in total. The number of rotatable bonds is 5. The third-order valence-corrected chi connectivity index (χ3v) is 7.70. The summed E-state index contributed by atoms with van der Waals surface area (Å²) in [4.78, 5) is -1.35. The molecule has 4 rings (SSSR count). The molecule has 0 unspecified atom stereocenters. The first kappa shape index (κ1) is 26.6. The molecule has 0 aliphatic rings. The second-order valence-electron chi connectivity index (χ2n) is 8.93. The van der Waals surface area contributed by atoms with Crippen molar-refractivity contribution in [2.24, 2.45) is 0 Å². The molecule has 0 atom stereocenters. The summed E-state index contributed by atoms with van der Waals surface area (Å²) in [5, 5.41) is 0. The van der Waals surface area contributed by atoms with Gasteiger partial charge in [0.25, 0.3) is 0 Å². The van der Waals surface area contributed by atoms with Crippen molar-refractivity contribution in [3.63, 3.8) is 0 Å². The topological polar surface area (TPSA) is 0 Å². The highest BCUT2D eigenvalue weighted by Crippen LogP contribution is 2.48. The molecule has 0 spiro atoms. The predicted octanol–water partition coefficient (Wildman–Crippen LogP) is 11.6. The van der Waals surface area contributed by atoms with Gasteiger partial charge >= 0.3 is 0 Å². The number of benzene rings is 4. The zero-order valence-corrected chi connectivity index (χ0v) is 24.5. The SMILES string of the molecule is Cc1cc(C)c(-c2cccc(-c3ccc(Br)cc3)c2-c2c(C)cc(C)cc2C(Cl)Cl)c(C(Cl)Cl)c1. The van der Waals surface area contributed by atoms with Crippen molar-refractivity contribution in [1.82, 2.24) is 0 Å². The van der Waals surface area contributed by atoms with Crippen molar-refractivity contribution in [2.75, 3.05) is 0 Å². The second kappa shape index (κ2) is 10.9. The Morgan fingerprint density at radius 3 is 1.60 bits per heavy atom. The quantitative estimate of drug-likeness (QED) is 0.198. The first-order valence-corrected chi connectivity index (χ1v) is 13.8. The van der Waals surface area contributed by atoms with E-state index in [0.29, 0.717) is 0 Å². The van der Waals surface area contributed by atoms with Gasteiger partial charge in [-0.3, -0.25) is 0 Å². The lowest BCUT2D eigenvalue weighted by Gasteiger charge is -2.24. The largest absolute Gasteiger partial charge is 0.133 e. The van der Waals surface area contributed by atoms with Crippen molar-refractivity contribution >= 4 is 62.3 Å². The van der Waals surface area contributed by atoms with E-state index in [9.17, 15) is 0 Å². The van der Waals surface area contributed by atoms with Crippen molar-refractivity contribution in [1.29, 1.82) is 0 Å². The van der Waals surface area contributed by atoms with Crippen molar-refractivity contribution in [2.45, 2.75) is 37.4 Å². The van der Waals surface area contributed by atoms with Crippen LogP contribution in [0.25, 0.3) is 33.4 Å². The average molecular weight is 607 g/mol. The number of aryl methyl sites for hydroxylation is 4. The lowest BCUT2D eigenvalue weighted by Crippen LogP contribution is -2.01. The number of alkyl halides is 4. The van der Waals surface area contributed by atoms with E-state index in [2.05, 4.69) is 110 Å². The molecule has 0 heterocycles. The molecule has 0 bridgehead atoms. The Kier molecular flexibility index (Phi) is 8.25. The van der Waals surface area contributed by atoms with Crippen LogP contribution in [-0.2, 0) is 0 Å². The van der Waals surface area contributed by atoms with Crippen LogP contribution in [0.4, 0.5) is 0 Å². The van der Waals surface area contributed by atoms with Crippen molar-refractivity contribution in [3.05, 3.63) is 105 Å². The third kappa shape index (κ3) is 5.45. The van der Waals surface area contributed by atoms with Gasteiger partial charge in [-0.1, -0.05) is 81.7 Å². The highest BCUT2D eigenvalue weighted by Gasteiger charge is 2.24. The summed E-state index contributed by atoms with van der Waals surface area (Å²) in [6.07, 6.45) is 0. The predicted molar refractivity (Wildman–Crippen MR) is 158 cm³/mol. The molecule has 0 aliphatic heterocycles. The van der Waals surface area contributed by atoms with Gasteiger partial charge in [0.2, 0.25) is 0 Å². The first-order chi connectivity index (χ1) is 16.6. The van der Waals surface area contributed by atoms with E-state index >= 15 is 0 Å². The fraction of sp³-hybridized carbons (Fsp3) is 0.200. The van der Waals surface area contributed by atoms with E-state index in [4.69, 9.17) is 46.4 Å². The number of halogens is 5. The fourth-order valence-corrected chi connectivity index (χ4v) is 5.91. The molecule has 35 heavy (non-hydrogen) atoms. The van der Waals surface area contributed by atoms with E-state index in [1.54, 1.807) is 0 Å². The Hall–Kier alpha value is -1.48. The third-order valence-electron chi connectivity index (χ3n) is 6.23. The molecule has 0 aliphatic carbocycles. The van der Waals surface area contributed by atoms with Crippen LogP contribution in [0.15, 0.2) is 71.2 Å². The lowest BCUT2D eigenvalue weighted by atomic mass is 9.81. The molecular weight excluding hydrogens is 582 g/mol. The molecule has 180 valence electrons. The van der Waals surface area contributed by atoms with Gasteiger partial charge in [0, 0.05) is 4.47 Å². The summed E-state index contributed by atoms with van der Waals surface area (Å²) in [5.74, 6) is 0. The molecule has 0 radical (unpaired) electrons. The maximum Gasteiger partial charge on any atom is 0.133 e. The van der Waals surface area contributed by atoms with E-state index in [-0.39, 0.29) is 0 Å². The van der Waals surface area contributed by atoms with Gasteiger partial charge in [-0.25, -0.2) is 0 Å². The van der Waals surface area contributed by atoms with Gasteiger partial charge in [-0.05, 0) is 95.5 Å². The minimum atomic E-state index is -0.679. The van der Waals surface area contributed by atoms with Gasteiger partial charge in [0.15, 0.2) is 0 Å². The first-order valence-electron chi connectivity index (χ1n) is 11.3. The Balaban J connectivity index is 2.20. The summed E-state index contributed by atoms with van der Waals surface area (Å²) < 4.78 is 1.02. The Labute approximate surface area is 236 Å². The zero-order valence-electron chi connectivity index (χ0n) is 19.9. The van der Waals surface area contributed by atoms with E-state index in [1.807, 2.05) is 0 Å². The van der Waals surface area contributed by atoms with Crippen LogP contribution in [0.3, 0.4) is 0 Å². The average Bonchev–Trinajstić information content (AvgIpc) is 2.78. The lowest BCUT2D eigenvalue weighted by molar-refractivity contribution is 1.26. The highest BCUT2D eigenvalue weighted by atomic mass is 79.9. The van der Waals surface area contributed by atoms with E-state index < -0.39 is 9.67 Å². The van der Waals surface area contributed by atoms with Crippen LogP contribution >= 0.6 is 62.3 Å². The van der Waals surface area contributed by atoms with Gasteiger partial charge < -0.3 is 0 Å². The molecule has 0 N–H and O–H groups in total. The van der Waals surface area contributed by atoms with Crippen molar-refractivity contribution in [3.8, 4) is 33.4 Å². The van der Waals surface area contributed by atoms with E-state index in [0.717, 1.165) is 71.2 Å². The summed E-state index contributed by atoms with van der Waals surface area (Å²) in [5.41, 5.74) is 12.6. The van der Waals surface area contributed by atoms with Gasteiger partial charge in [0.05, 0.1) is 0 Å². The fourth-order valence-electron chi connectivity index (χ4n) is 4.95. The minimum Gasteiger partial charge on any atom is -0.100 e. The van der Waals surface area contributed by atoms with Crippen LogP contribution in [-0.4, -0.2) is 0 Å². The highest BCUT2D eigenvalue weighted by molar-refractivity contribution is 9.10. The number of hydrogen-bond acceptors (Lipinski definition) is 0. The Morgan fingerprint density at radius 2 is 1.06 bits per heavy atom. The normalized spacial score (nSPS) is 11.5. The number of hydrogen-bond donors (Lipinski definition) is 0. The molecule has 0 aromatic heterocycles. The maximum absolute atomic E-state index is 6.57. The summed E-state index contributed by atoms with van der Waals surface area (Å²) >= 11 is 29.8. The van der Waals surface area contributed by atoms with Gasteiger partial charge in [-0.15, -0.1) is 46.4 Å². The molecule has 0 fully saturated rings. The smallest absolute Gasteiger partial charge is 0.100 e. The molecule has 4 aromatic carbocycles. The molecule has 4 aromatic rings. The van der Waals surface area contributed by atoms with Crippen LogP contribution in [0.2, 0.25) is 0 Å².